The highest BCUT2D eigenvalue weighted by Gasteiger charge is 2.22. The molecule has 1 aliphatic heterocycles. The van der Waals surface area contributed by atoms with Crippen LogP contribution in [0.4, 0.5) is 0 Å². The molecule has 1 heterocycles. The summed E-state index contributed by atoms with van der Waals surface area (Å²) in [6.07, 6.45) is 1.25. The van der Waals surface area contributed by atoms with Gasteiger partial charge in [-0.25, -0.2) is 0 Å². The summed E-state index contributed by atoms with van der Waals surface area (Å²) in [5, 5.41) is 9.52. The van der Waals surface area contributed by atoms with Crippen LogP contribution in [0.5, 0.6) is 5.75 Å². The van der Waals surface area contributed by atoms with E-state index in [4.69, 9.17) is 4.74 Å². The van der Waals surface area contributed by atoms with Crippen LogP contribution in [-0.4, -0.2) is 41.7 Å². The normalized spacial score (nSPS) is 19.7. The Balaban J connectivity index is 1.86. The first-order valence-electron chi connectivity index (χ1n) is 6.31. The molecule has 1 unspecified atom stereocenters. The van der Waals surface area contributed by atoms with Crippen LogP contribution in [0.25, 0.3) is 0 Å². The van der Waals surface area contributed by atoms with Crippen molar-refractivity contribution in [2.75, 3.05) is 19.7 Å². The topological polar surface area (TPSA) is 49.8 Å². The van der Waals surface area contributed by atoms with Crippen LogP contribution in [-0.2, 0) is 4.79 Å². The Morgan fingerprint density at radius 2 is 2.28 bits per heavy atom. The van der Waals surface area contributed by atoms with E-state index in [2.05, 4.69) is 0 Å². The largest absolute Gasteiger partial charge is 0.484 e. The number of carbonyl (C=O) groups is 1. The van der Waals surface area contributed by atoms with Crippen molar-refractivity contribution in [1.29, 1.82) is 0 Å². The number of likely N-dealkylation sites (tertiary alicyclic amines) is 1. The first-order chi connectivity index (χ1) is 8.66. The number of nitrogens with zero attached hydrogens (tertiary/aromatic N) is 1. The van der Waals surface area contributed by atoms with Crippen molar-refractivity contribution in [3.05, 3.63) is 29.8 Å². The fourth-order valence-electron chi connectivity index (χ4n) is 2.13. The molecule has 1 saturated heterocycles. The fourth-order valence-corrected chi connectivity index (χ4v) is 2.13. The molecule has 0 radical (unpaired) electrons. The minimum atomic E-state index is -0.388. The lowest BCUT2D eigenvalue weighted by atomic mass is 10.1. The third kappa shape index (κ3) is 3.23. The van der Waals surface area contributed by atoms with Gasteiger partial charge in [0.15, 0.2) is 6.61 Å². The molecule has 1 aromatic rings. The first-order valence-corrected chi connectivity index (χ1v) is 6.31. The Morgan fingerprint density at radius 1 is 1.50 bits per heavy atom. The van der Waals surface area contributed by atoms with E-state index in [0.29, 0.717) is 13.1 Å². The molecule has 1 aromatic carbocycles. The van der Waals surface area contributed by atoms with E-state index in [0.717, 1.165) is 24.2 Å². The maximum atomic E-state index is 11.9. The average molecular weight is 249 g/mol. The van der Waals surface area contributed by atoms with Crippen LogP contribution >= 0.6 is 0 Å². The van der Waals surface area contributed by atoms with E-state index < -0.39 is 0 Å². The smallest absolute Gasteiger partial charge is 0.260 e. The first kappa shape index (κ1) is 12.9. The number of ether oxygens (including phenoxy) is 1. The molecule has 1 amide bonds. The Labute approximate surface area is 107 Å². The molecule has 4 heteroatoms. The number of amides is 1. The van der Waals surface area contributed by atoms with Gasteiger partial charge in [-0.05, 0) is 31.4 Å². The Morgan fingerprint density at radius 3 is 3.00 bits per heavy atom. The van der Waals surface area contributed by atoms with Gasteiger partial charge in [-0.1, -0.05) is 18.2 Å². The van der Waals surface area contributed by atoms with E-state index in [-0.39, 0.29) is 18.6 Å². The molecule has 0 bridgehead atoms. The van der Waals surface area contributed by atoms with Crippen molar-refractivity contribution in [1.82, 2.24) is 4.90 Å². The second-order valence-corrected chi connectivity index (χ2v) is 4.69. The lowest BCUT2D eigenvalue weighted by Gasteiger charge is -2.30. The van der Waals surface area contributed by atoms with Gasteiger partial charge in [0.2, 0.25) is 0 Å². The van der Waals surface area contributed by atoms with Gasteiger partial charge in [0.25, 0.3) is 5.91 Å². The van der Waals surface area contributed by atoms with Crippen LogP contribution in [0.2, 0.25) is 0 Å². The van der Waals surface area contributed by atoms with Gasteiger partial charge in [0.1, 0.15) is 5.75 Å². The Kier molecular flexibility index (Phi) is 4.20. The van der Waals surface area contributed by atoms with E-state index in [1.807, 2.05) is 31.2 Å². The molecule has 4 nitrogen and oxygen atoms in total. The summed E-state index contributed by atoms with van der Waals surface area (Å²) in [6.45, 7) is 3.13. The molecule has 1 fully saturated rings. The number of aliphatic hydroxyl groups excluding tert-OH is 1. The predicted octanol–water partition coefficient (Wildman–Crippen LogP) is 1.36. The highest BCUT2D eigenvalue weighted by molar-refractivity contribution is 5.78. The standard InChI is InChI=1S/C14H19NO3/c1-11-5-2-3-7-13(11)18-10-14(17)15-8-4-6-12(16)9-15/h2-3,5,7,12,16H,4,6,8-10H2,1H3. The van der Waals surface area contributed by atoms with Crippen LogP contribution in [0.3, 0.4) is 0 Å². The molecule has 98 valence electrons. The van der Waals surface area contributed by atoms with Crippen molar-refractivity contribution in [3.8, 4) is 5.75 Å². The van der Waals surface area contributed by atoms with Crippen molar-refractivity contribution in [2.24, 2.45) is 0 Å². The van der Waals surface area contributed by atoms with Gasteiger partial charge in [-0.15, -0.1) is 0 Å². The van der Waals surface area contributed by atoms with Gasteiger partial charge < -0.3 is 14.7 Å². The van der Waals surface area contributed by atoms with Gasteiger partial charge in [0, 0.05) is 13.1 Å². The highest BCUT2D eigenvalue weighted by Crippen LogP contribution is 2.16. The summed E-state index contributed by atoms with van der Waals surface area (Å²) in [5.41, 5.74) is 1.02. The number of rotatable bonds is 3. The Bertz CT molecular complexity index is 419. The maximum absolute atomic E-state index is 11.9. The molecule has 1 aliphatic rings. The van der Waals surface area contributed by atoms with Crippen LogP contribution in [0.1, 0.15) is 18.4 Å². The van der Waals surface area contributed by atoms with Crippen LogP contribution < -0.4 is 4.74 Å². The SMILES string of the molecule is Cc1ccccc1OCC(=O)N1CCCC(O)C1. The van der Waals surface area contributed by atoms with Crippen molar-refractivity contribution < 1.29 is 14.6 Å². The van der Waals surface area contributed by atoms with E-state index >= 15 is 0 Å². The zero-order valence-electron chi connectivity index (χ0n) is 10.6. The lowest BCUT2D eigenvalue weighted by Crippen LogP contribution is -2.44. The van der Waals surface area contributed by atoms with Gasteiger partial charge in [-0.2, -0.15) is 0 Å². The molecule has 0 aliphatic carbocycles. The predicted molar refractivity (Wildman–Crippen MR) is 68.5 cm³/mol. The number of carbonyl (C=O) groups excluding carboxylic acids is 1. The number of hydrogen-bond donors (Lipinski definition) is 1. The Hall–Kier alpha value is -1.55. The van der Waals surface area contributed by atoms with Gasteiger partial charge >= 0.3 is 0 Å². The molecule has 0 saturated carbocycles. The molecular weight excluding hydrogens is 230 g/mol. The lowest BCUT2D eigenvalue weighted by molar-refractivity contribution is -0.136. The number of para-hydroxylation sites is 1. The zero-order valence-corrected chi connectivity index (χ0v) is 10.6. The number of piperidine rings is 1. The zero-order chi connectivity index (χ0) is 13.0. The minimum absolute atomic E-state index is 0.0393. The quantitative estimate of drug-likeness (QED) is 0.880. The van der Waals surface area contributed by atoms with E-state index in [9.17, 15) is 9.90 Å². The number of benzene rings is 1. The van der Waals surface area contributed by atoms with Gasteiger partial charge in [-0.3, -0.25) is 4.79 Å². The van der Waals surface area contributed by atoms with Crippen LogP contribution in [0.15, 0.2) is 24.3 Å². The summed E-state index contributed by atoms with van der Waals surface area (Å²) >= 11 is 0. The number of β-amino-alcohol motifs (C(OH)–C–C–N with tert-alkyl or cyclic N) is 1. The van der Waals surface area contributed by atoms with Crippen LogP contribution in [0, 0.1) is 6.92 Å². The third-order valence-corrected chi connectivity index (χ3v) is 3.19. The van der Waals surface area contributed by atoms with Crippen molar-refractivity contribution in [3.63, 3.8) is 0 Å². The summed E-state index contributed by atoms with van der Waals surface area (Å²) in [5.74, 6) is 0.681. The maximum Gasteiger partial charge on any atom is 0.260 e. The molecule has 2 rings (SSSR count). The van der Waals surface area contributed by atoms with E-state index in [1.54, 1.807) is 4.90 Å². The van der Waals surface area contributed by atoms with Crippen molar-refractivity contribution >= 4 is 5.91 Å². The molecule has 18 heavy (non-hydrogen) atoms. The van der Waals surface area contributed by atoms with Gasteiger partial charge in [0.05, 0.1) is 6.10 Å². The summed E-state index contributed by atoms with van der Waals surface area (Å²) in [6, 6.07) is 7.63. The number of aryl methyl sites for hydroxylation is 1. The average Bonchev–Trinajstić information content (AvgIpc) is 2.37. The summed E-state index contributed by atoms with van der Waals surface area (Å²) < 4.78 is 5.51. The second-order valence-electron chi connectivity index (χ2n) is 4.69. The monoisotopic (exact) mass is 249 g/mol. The summed E-state index contributed by atoms with van der Waals surface area (Å²) in [4.78, 5) is 13.6. The number of aliphatic hydroxyl groups is 1. The third-order valence-electron chi connectivity index (χ3n) is 3.19. The number of hydrogen-bond acceptors (Lipinski definition) is 3. The highest BCUT2D eigenvalue weighted by atomic mass is 16.5. The second kappa shape index (κ2) is 5.87. The fraction of sp³-hybridized carbons (Fsp3) is 0.500. The molecule has 1 atom stereocenters. The van der Waals surface area contributed by atoms with Crippen molar-refractivity contribution in [2.45, 2.75) is 25.9 Å². The molecule has 0 aromatic heterocycles. The van der Waals surface area contributed by atoms with E-state index in [1.165, 1.54) is 0 Å². The molecular formula is C14H19NO3. The summed E-state index contributed by atoms with van der Waals surface area (Å²) in [7, 11) is 0. The minimum Gasteiger partial charge on any atom is -0.484 e. The molecule has 1 N–H and O–H groups in total. The molecule has 0 spiro atoms.